The second-order valence-electron chi connectivity index (χ2n) is 2.49. The Morgan fingerprint density at radius 2 is 2.00 bits per heavy atom. The lowest BCUT2D eigenvalue weighted by molar-refractivity contribution is 0.332. The first-order chi connectivity index (χ1) is 5.31. The van der Waals surface area contributed by atoms with Gasteiger partial charge in [0.2, 0.25) is 0 Å². The van der Waals surface area contributed by atoms with E-state index in [-0.39, 0.29) is 0 Å². The molecule has 0 fully saturated rings. The number of hydrogen-bond acceptors (Lipinski definition) is 1. The molecule has 0 atom stereocenters. The van der Waals surface area contributed by atoms with E-state index in [1.165, 1.54) is 19.1 Å². The Hall–Kier alpha value is -0.720. The summed E-state index contributed by atoms with van der Waals surface area (Å²) in [5, 5.41) is 0. The summed E-state index contributed by atoms with van der Waals surface area (Å²) in [5.74, 6) is 0.809. The van der Waals surface area contributed by atoms with Crippen molar-refractivity contribution < 1.29 is 4.74 Å². The van der Waals surface area contributed by atoms with Crippen LogP contribution in [0, 0.1) is 6.92 Å². The third-order valence-corrected chi connectivity index (χ3v) is 1.46. The van der Waals surface area contributed by atoms with E-state index in [0.717, 1.165) is 25.0 Å². The minimum Gasteiger partial charge on any atom is -0.471 e. The molecule has 0 N–H and O–H groups in total. The Morgan fingerprint density at radius 1 is 1.27 bits per heavy atom. The molecule has 11 heavy (non-hydrogen) atoms. The minimum atomic E-state index is 0.809. The Kier molecular flexibility index (Phi) is 6.90. The van der Waals surface area contributed by atoms with Crippen molar-refractivity contribution in [1.29, 1.82) is 0 Å². The molecule has 0 amide bonds. The molecule has 1 nitrogen and oxygen atoms in total. The molecular formula is C10H17O. The molecule has 0 aliphatic carbocycles. The average molecular weight is 153 g/mol. The van der Waals surface area contributed by atoms with Crippen LogP contribution in [0.2, 0.25) is 0 Å². The largest absolute Gasteiger partial charge is 0.471 e. The molecule has 0 aromatic carbocycles. The van der Waals surface area contributed by atoms with Crippen molar-refractivity contribution in [3.63, 3.8) is 0 Å². The predicted molar refractivity (Wildman–Crippen MR) is 48.9 cm³/mol. The first kappa shape index (κ1) is 10.3. The van der Waals surface area contributed by atoms with Gasteiger partial charge in [-0.1, -0.05) is 39.3 Å². The van der Waals surface area contributed by atoms with Gasteiger partial charge < -0.3 is 4.74 Å². The summed E-state index contributed by atoms with van der Waals surface area (Å²) >= 11 is 0. The topological polar surface area (TPSA) is 9.23 Å². The standard InChI is InChI=1S/C10H17O/c1-4-6-7-8-9-10(3)11-5-2/h5H,1-4,6-9H2. The fourth-order valence-electron chi connectivity index (χ4n) is 0.852. The van der Waals surface area contributed by atoms with E-state index in [1.807, 2.05) is 0 Å². The van der Waals surface area contributed by atoms with Gasteiger partial charge in [0.1, 0.15) is 0 Å². The normalized spacial score (nSPS) is 9.18. The Morgan fingerprint density at radius 3 is 2.55 bits per heavy atom. The van der Waals surface area contributed by atoms with E-state index >= 15 is 0 Å². The van der Waals surface area contributed by atoms with Crippen LogP contribution in [-0.4, -0.2) is 0 Å². The lowest BCUT2D eigenvalue weighted by Gasteiger charge is -2.02. The lowest BCUT2D eigenvalue weighted by atomic mass is 10.1. The number of hydrogen-bond donors (Lipinski definition) is 0. The fourth-order valence-corrected chi connectivity index (χ4v) is 0.852. The van der Waals surface area contributed by atoms with Crippen LogP contribution in [0.5, 0.6) is 0 Å². The average Bonchev–Trinajstić information content (AvgIpc) is 1.99. The van der Waals surface area contributed by atoms with Crippen molar-refractivity contribution in [1.82, 2.24) is 0 Å². The van der Waals surface area contributed by atoms with Gasteiger partial charge in [-0.15, -0.1) is 0 Å². The first-order valence-corrected chi connectivity index (χ1v) is 4.06. The van der Waals surface area contributed by atoms with Crippen LogP contribution in [0.25, 0.3) is 0 Å². The van der Waals surface area contributed by atoms with Crippen LogP contribution >= 0.6 is 0 Å². The highest BCUT2D eigenvalue weighted by atomic mass is 16.5. The molecule has 0 saturated heterocycles. The van der Waals surface area contributed by atoms with Crippen molar-refractivity contribution >= 4 is 0 Å². The molecule has 0 bridgehead atoms. The molecule has 0 unspecified atom stereocenters. The van der Waals surface area contributed by atoms with Gasteiger partial charge in [0.05, 0.1) is 12.0 Å². The van der Waals surface area contributed by atoms with Gasteiger partial charge in [0, 0.05) is 6.42 Å². The number of allylic oxidation sites excluding steroid dienone is 1. The molecule has 0 spiro atoms. The summed E-state index contributed by atoms with van der Waals surface area (Å²) in [5.41, 5.74) is 0. The highest BCUT2D eigenvalue weighted by Crippen LogP contribution is 2.09. The second kappa shape index (κ2) is 7.39. The third kappa shape index (κ3) is 7.17. The van der Waals surface area contributed by atoms with Gasteiger partial charge in [-0.05, 0) is 6.42 Å². The molecule has 0 rings (SSSR count). The van der Waals surface area contributed by atoms with Crippen LogP contribution < -0.4 is 0 Å². The van der Waals surface area contributed by atoms with Crippen molar-refractivity contribution in [2.75, 3.05) is 0 Å². The van der Waals surface area contributed by atoms with E-state index in [2.05, 4.69) is 20.1 Å². The van der Waals surface area contributed by atoms with E-state index < -0.39 is 0 Å². The minimum absolute atomic E-state index is 0.809. The zero-order valence-corrected chi connectivity index (χ0v) is 7.14. The maximum absolute atomic E-state index is 4.98. The molecule has 0 heterocycles. The molecular weight excluding hydrogens is 136 g/mol. The second-order valence-corrected chi connectivity index (χ2v) is 2.49. The number of ether oxygens (including phenoxy) is 1. The van der Waals surface area contributed by atoms with Crippen LogP contribution in [0.15, 0.2) is 25.2 Å². The van der Waals surface area contributed by atoms with Crippen LogP contribution in [0.1, 0.15) is 32.1 Å². The Labute approximate surface area is 69.8 Å². The molecule has 63 valence electrons. The quantitative estimate of drug-likeness (QED) is 0.402. The maximum atomic E-state index is 4.98. The van der Waals surface area contributed by atoms with E-state index in [1.54, 1.807) is 0 Å². The van der Waals surface area contributed by atoms with Gasteiger partial charge in [0.25, 0.3) is 0 Å². The molecule has 1 radical (unpaired) electrons. The summed E-state index contributed by atoms with van der Waals surface area (Å²) in [4.78, 5) is 0. The van der Waals surface area contributed by atoms with Crippen LogP contribution in [0.4, 0.5) is 0 Å². The first-order valence-electron chi connectivity index (χ1n) is 4.06. The third-order valence-electron chi connectivity index (χ3n) is 1.46. The monoisotopic (exact) mass is 153 g/mol. The van der Waals surface area contributed by atoms with Gasteiger partial charge in [-0.25, -0.2) is 0 Å². The molecule has 0 saturated carbocycles. The smallest absolute Gasteiger partial charge is 0.0960 e. The molecule has 0 aliphatic rings. The Balaban J connectivity index is 3.10. The fraction of sp³-hybridized carbons (Fsp3) is 0.500. The van der Waals surface area contributed by atoms with Crippen molar-refractivity contribution in [3.05, 3.63) is 32.1 Å². The highest BCUT2D eigenvalue weighted by Gasteiger charge is 1.92. The van der Waals surface area contributed by atoms with Gasteiger partial charge in [-0.3, -0.25) is 0 Å². The van der Waals surface area contributed by atoms with Gasteiger partial charge in [0.15, 0.2) is 0 Å². The molecule has 1 heteroatoms. The van der Waals surface area contributed by atoms with Crippen LogP contribution in [-0.2, 0) is 4.74 Å². The van der Waals surface area contributed by atoms with Gasteiger partial charge in [-0.2, -0.15) is 0 Å². The van der Waals surface area contributed by atoms with E-state index in [0.29, 0.717) is 0 Å². The molecule has 0 aliphatic heterocycles. The van der Waals surface area contributed by atoms with Crippen molar-refractivity contribution in [2.24, 2.45) is 0 Å². The van der Waals surface area contributed by atoms with E-state index in [9.17, 15) is 0 Å². The predicted octanol–water partition coefficient (Wildman–Crippen LogP) is 3.44. The zero-order chi connectivity index (χ0) is 8.53. The number of unbranched alkanes of at least 4 members (excludes halogenated alkanes) is 3. The maximum Gasteiger partial charge on any atom is 0.0960 e. The Bertz CT molecular complexity index is 116. The molecule has 0 aromatic heterocycles. The van der Waals surface area contributed by atoms with Gasteiger partial charge >= 0.3 is 0 Å². The SMILES string of the molecule is [CH2]CCCCCC(=C)OC=C. The lowest BCUT2D eigenvalue weighted by Crippen LogP contribution is -1.83. The van der Waals surface area contributed by atoms with E-state index in [4.69, 9.17) is 4.74 Å². The summed E-state index contributed by atoms with van der Waals surface area (Å²) in [6.07, 6.45) is 6.93. The summed E-state index contributed by atoms with van der Waals surface area (Å²) in [6.45, 7) is 11.0. The summed E-state index contributed by atoms with van der Waals surface area (Å²) in [6, 6.07) is 0. The zero-order valence-electron chi connectivity index (χ0n) is 7.14. The van der Waals surface area contributed by atoms with Crippen LogP contribution in [0.3, 0.4) is 0 Å². The number of rotatable bonds is 7. The van der Waals surface area contributed by atoms with Crippen molar-refractivity contribution in [3.8, 4) is 0 Å². The summed E-state index contributed by atoms with van der Waals surface area (Å²) in [7, 11) is 0. The summed E-state index contributed by atoms with van der Waals surface area (Å²) < 4.78 is 4.98. The molecule has 0 aromatic rings. The van der Waals surface area contributed by atoms with Crippen molar-refractivity contribution in [2.45, 2.75) is 32.1 Å². The highest BCUT2D eigenvalue weighted by molar-refractivity contribution is 4.84.